The summed E-state index contributed by atoms with van der Waals surface area (Å²) < 4.78 is 26.8. The highest BCUT2D eigenvalue weighted by Crippen LogP contribution is 2.23. The molecule has 1 unspecified atom stereocenters. The van der Waals surface area contributed by atoms with Crippen LogP contribution in [0, 0.1) is 0 Å². The quantitative estimate of drug-likeness (QED) is 0.704. The van der Waals surface area contributed by atoms with Gasteiger partial charge >= 0.3 is 0 Å². The zero-order valence-corrected chi connectivity index (χ0v) is 15.0. The number of unbranched alkanes of at least 4 members (excludes halogenated alkanes) is 2. The summed E-state index contributed by atoms with van der Waals surface area (Å²) in [5, 5.41) is 2.89. The zero-order valence-electron chi connectivity index (χ0n) is 14.2. The Morgan fingerprint density at radius 1 is 1.21 bits per heavy atom. The molecule has 0 bridgehead atoms. The third-order valence-electron chi connectivity index (χ3n) is 3.91. The second-order valence-corrected chi connectivity index (χ2v) is 7.53. The van der Waals surface area contributed by atoms with Crippen molar-refractivity contribution in [2.45, 2.75) is 56.9 Å². The van der Waals surface area contributed by atoms with Gasteiger partial charge in [0, 0.05) is 12.1 Å². The number of carbonyl (C=O) groups excluding carboxylic acids is 1. The van der Waals surface area contributed by atoms with E-state index in [4.69, 9.17) is 0 Å². The number of benzene rings is 1. The molecular formula is C17H25N3O3S. The first-order valence-electron chi connectivity index (χ1n) is 8.47. The van der Waals surface area contributed by atoms with Crippen LogP contribution in [0.5, 0.6) is 0 Å². The van der Waals surface area contributed by atoms with E-state index in [9.17, 15) is 13.2 Å². The number of sulfonamides is 1. The summed E-state index contributed by atoms with van der Waals surface area (Å²) in [6.45, 7) is 4.73. The Balaban J connectivity index is 2.25. The average molecular weight is 351 g/mol. The van der Waals surface area contributed by atoms with Crippen molar-refractivity contribution in [3.05, 3.63) is 29.8 Å². The third-order valence-corrected chi connectivity index (χ3v) is 5.31. The molecule has 0 saturated heterocycles. The number of carbonyl (C=O) groups is 1. The molecule has 1 atom stereocenters. The van der Waals surface area contributed by atoms with E-state index < -0.39 is 16.1 Å². The fourth-order valence-electron chi connectivity index (χ4n) is 2.54. The van der Waals surface area contributed by atoms with Crippen molar-refractivity contribution in [3.63, 3.8) is 0 Å². The summed E-state index contributed by atoms with van der Waals surface area (Å²) in [7, 11) is -3.58. The molecule has 6 nitrogen and oxygen atoms in total. The van der Waals surface area contributed by atoms with Gasteiger partial charge in [-0.05, 0) is 25.0 Å². The van der Waals surface area contributed by atoms with Crippen molar-refractivity contribution in [2.24, 2.45) is 4.99 Å². The van der Waals surface area contributed by atoms with Gasteiger partial charge in [0.25, 0.3) is 10.0 Å². The monoisotopic (exact) mass is 351 g/mol. The van der Waals surface area contributed by atoms with Crippen LogP contribution >= 0.6 is 0 Å². The third kappa shape index (κ3) is 4.35. The van der Waals surface area contributed by atoms with Gasteiger partial charge in [-0.3, -0.25) is 14.5 Å². The van der Waals surface area contributed by atoms with Gasteiger partial charge in [-0.2, -0.15) is 0 Å². The second-order valence-electron chi connectivity index (χ2n) is 5.88. The molecule has 1 heterocycles. The lowest BCUT2D eigenvalue weighted by atomic mass is 10.1. The van der Waals surface area contributed by atoms with E-state index in [1.165, 1.54) is 0 Å². The summed E-state index contributed by atoms with van der Waals surface area (Å²) >= 11 is 0. The van der Waals surface area contributed by atoms with E-state index >= 15 is 0 Å². The van der Waals surface area contributed by atoms with Crippen LogP contribution in [0.1, 0.15) is 51.5 Å². The smallest absolute Gasteiger partial charge is 0.263 e. The number of aliphatic imine (C=N–C) groups is 1. The summed E-state index contributed by atoms with van der Waals surface area (Å²) in [6.07, 6.45) is 4.32. The van der Waals surface area contributed by atoms with Gasteiger partial charge in [-0.25, -0.2) is 8.42 Å². The van der Waals surface area contributed by atoms with Crippen LogP contribution in [0.2, 0.25) is 0 Å². The van der Waals surface area contributed by atoms with Crippen molar-refractivity contribution < 1.29 is 13.2 Å². The summed E-state index contributed by atoms with van der Waals surface area (Å²) in [6, 6.07) is 6.11. The molecule has 2 N–H and O–H groups in total. The predicted molar refractivity (Wildman–Crippen MR) is 94.5 cm³/mol. The minimum absolute atomic E-state index is 0.145. The highest BCUT2D eigenvalue weighted by molar-refractivity contribution is 7.90. The minimum atomic E-state index is -3.58. The Labute approximate surface area is 143 Å². The zero-order chi connectivity index (χ0) is 17.6. The Kier molecular flexibility index (Phi) is 6.36. The molecule has 0 radical (unpaired) electrons. The van der Waals surface area contributed by atoms with Crippen LogP contribution in [0.15, 0.2) is 34.2 Å². The van der Waals surface area contributed by atoms with Gasteiger partial charge in [0.15, 0.2) is 0 Å². The fourth-order valence-corrected chi connectivity index (χ4v) is 3.78. The van der Waals surface area contributed by atoms with Crippen molar-refractivity contribution >= 4 is 21.8 Å². The molecule has 2 rings (SSSR count). The Morgan fingerprint density at radius 3 is 2.62 bits per heavy atom. The van der Waals surface area contributed by atoms with E-state index in [1.54, 1.807) is 24.3 Å². The normalized spacial score (nSPS) is 18.0. The van der Waals surface area contributed by atoms with E-state index in [0.29, 0.717) is 18.5 Å². The molecule has 1 amide bonds. The Bertz CT molecular complexity index is 714. The van der Waals surface area contributed by atoms with Crippen molar-refractivity contribution in [3.8, 4) is 0 Å². The minimum Gasteiger partial charge on any atom is -0.354 e. The molecule has 1 aromatic rings. The molecular weight excluding hydrogens is 326 g/mol. The average Bonchev–Trinajstić information content (AvgIpc) is 2.82. The van der Waals surface area contributed by atoms with Crippen LogP contribution in [0.4, 0.5) is 0 Å². The van der Waals surface area contributed by atoms with Gasteiger partial charge in [0.2, 0.25) is 5.91 Å². The summed E-state index contributed by atoms with van der Waals surface area (Å²) in [4.78, 5) is 17.0. The standard InChI is InChI=1S/C17H25N3O3S/c1-3-5-10-14(17(21)18-12-6-4-2)19-16-13-9-7-8-11-15(13)24(22,23)20-16/h7-9,11,14H,3-6,10,12H2,1-2H3,(H,18,21)(H,19,20). The lowest BCUT2D eigenvalue weighted by Crippen LogP contribution is -2.36. The molecule has 0 spiro atoms. The number of nitrogens with one attached hydrogen (secondary N) is 2. The van der Waals surface area contributed by atoms with Crippen LogP contribution < -0.4 is 10.0 Å². The molecule has 1 aliphatic rings. The maximum absolute atomic E-state index is 12.4. The predicted octanol–water partition coefficient (Wildman–Crippen LogP) is 2.20. The van der Waals surface area contributed by atoms with Gasteiger partial charge in [-0.1, -0.05) is 45.2 Å². The topological polar surface area (TPSA) is 87.6 Å². The second kappa shape index (κ2) is 8.28. The lowest BCUT2D eigenvalue weighted by Gasteiger charge is -2.13. The number of amidine groups is 1. The summed E-state index contributed by atoms with van der Waals surface area (Å²) in [5.74, 6) is 0.116. The van der Waals surface area contributed by atoms with Crippen LogP contribution in [0.25, 0.3) is 0 Å². The molecule has 1 aromatic carbocycles. The number of nitrogens with zero attached hydrogens (tertiary/aromatic N) is 1. The molecule has 7 heteroatoms. The van der Waals surface area contributed by atoms with E-state index in [0.717, 1.165) is 25.7 Å². The van der Waals surface area contributed by atoms with Crippen LogP contribution in [0.3, 0.4) is 0 Å². The number of amides is 1. The molecule has 0 aromatic heterocycles. The molecule has 0 saturated carbocycles. The summed E-state index contributed by atoms with van der Waals surface area (Å²) in [5.41, 5.74) is 0.528. The molecule has 0 fully saturated rings. The lowest BCUT2D eigenvalue weighted by molar-refractivity contribution is -0.122. The Hall–Kier alpha value is -1.89. The fraction of sp³-hybridized carbons (Fsp3) is 0.529. The van der Waals surface area contributed by atoms with Gasteiger partial charge in [0.1, 0.15) is 11.9 Å². The van der Waals surface area contributed by atoms with Crippen LogP contribution in [-0.4, -0.2) is 32.7 Å². The van der Waals surface area contributed by atoms with E-state index in [2.05, 4.69) is 22.0 Å². The van der Waals surface area contributed by atoms with Crippen molar-refractivity contribution in [1.29, 1.82) is 0 Å². The molecule has 24 heavy (non-hydrogen) atoms. The number of rotatable bonds is 8. The van der Waals surface area contributed by atoms with Crippen molar-refractivity contribution in [2.75, 3.05) is 6.54 Å². The first kappa shape index (κ1) is 18.4. The van der Waals surface area contributed by atoms with E-state index in [-0.39, 0.29) is 16.6 Å². The highest BCUT2D eigenvalue weighted by Gasteiger charge is 2.31. The number of fused-ring (bicyclic) bond motifs is 1. The van der Waals surface area contributed by atoms with Gasteiger partial charge in [-0.15, -0.1) is 0 Å². The van der Waals surface area contributed by atoms with E-state index in [1.807, 2.05) is 6.92 Å². The van der Waals surface area contributed by atoms with Crippen LogP contribution in [-0.2, 0) is 14.8 Å². The number of hydrogen-bond donors (Lipinski definition) is 2. The number of hydrogen-bond acceptors (Lipinski definition) is 4. The largest absolute Gasteiger partial charge is 0.354 e. The van der Waals surface area contributed by atoms with Gasteiger partial charge in [0.05, 0.1) is 4.90 Å². The Morgan fingerprint density at radius 2 is 1.92 bits per heavy atom. The molecule has 132 valence electrons. The SMILES string of the molecule is CCCCNC(=O)C(CCCC)N=C1NS(=O)(=O)c2ccccc21. The van der Waals surface area contributed by atoms with Gasteiger partial charge < -0.3 is 5.32 Å². The highest BCUT2D eigenvalue weighted by atomic mass is 32.2. The maximum Gasteiger partial charge on any atom is 0.263 e. The molecule has 0 aliphatic carbocycles. The first-order valence-corrected chi connectivity index (χ1v) is 9.95. The van der Waals surface area contributed by atoms with Crippen molar-refractivity contribution in [1.82, 2.24) is 10.0 Å². The molecule has 1 aliphatic heterocycles. The first-order chi connectivity index (χ1) is 11.5. The maximum atomic E-state index is 12.4.